The zero-order chi connectivity index (χ0) is 20.5. The molecular weight excluding hydrogens is 362 g/mol. The van der Waals surface area contributed by atoms with Gasteiger partial charge in [0.2, 0.25) is 11.8 Å². The fraction of sp³-hybridized carbons (Fsp3) is 0.667. The van der Waals surface area contributed by atoms with Gasteiger partial charge in [0.25, 0.3) is 0 Å². The van der Waals surface area contributed by atoms with Crippen LogP contribution in [0.5, 0.6) is 0 Å². The molecule has 1 heterocycles. The summed E-state index contributed by atoms with van der Waals surface area (Å²) in [5, 5.41) is 6.38. The van der Waals surface area contributed by atoms with Crippen LogP contribution >= 0.6 is 0 Å². The first-order valence-corrected chi connectivity index (χ1v) is 11.5. The van der Waals surface area contributed by atoms with Crippen molar-refractivity contribution in [1.82, 2.24) is 15.5 Å². The summed E-state index contributed by atoms with van der Waals surface area (Å²) < 4.78 is 0. The average molecular weight is 400 g/mol. The number of benzene rings is 1. The Morgan fingerprint density at radius 3 is 2.41 bits per heavy atom. The smallest absolute Gasteiger partial charge is 0.234 e. The van der Waals surface area contributed by atoms with E-state index in [1.807, 2.05) is 6.07 Å². The van der Waals surface area contributed by atoms with Gasteiger partial charge >= 0.3 is 0 Å². The SMILES string of the molecule is CCCCNC(=O)C1CCN(CC(=O)NC(c2ccccc2)C2CCCC2)CC1. The minimum atomic E-state index is 0.0988. The van der Waals surface area contributed by atoms with E-state index < -0.39 is 0 Å². The van der Waals surface area contributed by atoms with Crippen LogP contribution in [-0.2, 0) is 9.59 Å². The quantitative estimate of drug-likeness (QED) is 0.623. The lowest BCUT2D eigenvalue weighted by atomic mass is 9.91. The summed E-state index contributed by atoms with van der Waals surface area (Å²) in [5.41, 5.74) is 1.22. The van der Waals surface area contributed by atoms with Gasteiger partial charge in [-0.05, 0) is 56.7 Å². The molecule has 160 valence electrons. The summed E-state index contributed by atoms with van der Waals surface area (Å²) in [5.74, 6) is 0.935. The number of carbonyl (C=O) groups excluding carboxylic acids is 2. The molecule has 1 aliphatic heterocycles. The largest absolute Gasteiger partial charge is 0.356 e. The molecule has 0 radical (unpaired) electrons. The highest BCUT2D eigenvalue weighted by Crippen LogP contribution is 2.35. The van der Waals surface area contributed by atoms with Gasteiger partial charge < -0.3 is 10.6 Å². The maximum Gasteiger partial charge on any atom is 0.234 e. The van der Waals surface area contributed by atoms with E-state index in [4.69, 9.17) is 0 Å². The topological polar surface area (TPSA) is 61.4 Å². The van der Waals surface area contributed by atoms with Crippen molar-refractivity contribution in [3.05, 3.63) is 35.9 Å². The van der Waals surface area contributed by atoms with E-state index in [-0.39, 0.29) is 23.8 Å². The fourth-order valence-corrected chi connectivity index (χ4v) is 4.73. The van der Waals surface area contributed by atoms with Crippen molar-refractivity contribution >= 4 is 11.8 Å². The molecule has 5 heteroatoms. The van der Waals surface area contributed by atoms with Gasteiger partial charge in [0.1, 0.15) is 0 Å². The molecule has 1 aliphatic carbocycles. The Hall–Kier alpha value is -1.88. The van der Waals surface area contributed by atoms with E-state index in [1.54, 1.807) is 0 Å². The lowest BCUT2D eigenvalue weighted by Gasteiger charge is -2.32. The predicted molar refractivity (Wildman–Crippen MR) is 116 cm³/mol. The lowest BCUT2D eigenvalue weighted by molar-refractivity contribution is -0.127. The number of piperidine rings is 1. The number of rotatable bonds is 9. The number of carbonyl (C=O) groups is 2. The van der Waals surface area contributed by atoms with Gasteiger partial charge in [-0.25, -0.2) is 0 Å². The normalized spacial score (nSPS) is 19.8. The molecule has 5 nitrogen and oxygen atoms in total. The predicted octanol–water partition coefficient (Wildman–Crippen LogP) is 3.66. The van der Waals surface area contributed by atoms with Gasteiger partial charge in [0.15, 0.2) is 0 Å². The van der Waals surface area contributed by atoms with Crippen LogP contribution in [0.3, 0.4) is 0 Å². The lowest BCUT2D eigenvalue weighted by Crippen LogP contribution is -2.45. The van der Waals surface area contributed by atoms with Crippen LogP contribution in [-0.4, -0.2) is 42.9 Å². The fourth-order valence-electron chi connectivity index (χ4n) is 4.73. The summed E-state index contributed by atoms with van der Waals surface area (Å²) in [6.07, 6.45) is 8.73. The van der Waals surface area contributed by atoms with E-state index in [9.17, 15) is 9.59 Å². The van der Waals surface area contributed by atoms with Crippen molar-refractivity contribution in [2.45, 2.75) is 64.3 Å². The zero-order valence-corrected chi connectivity index (χ0v) is 17.9. The monoisotopic (exact) mass is 399 g/mol. The third-order valence-electron chi connectivity index (χ3n) is 6.50. The molecule has 1 saturated heterocycles. The minimum Gasteiger partial charge on any atom is -0.356 e. The van der Waals surface area contributed by atoms with E-state index in [2.05, 4.69) is 46.7 Å². The minimum absolute atomic E-state index is 0.0988. The van der Waals surface area contributed by atoms with Crippen molar-refractivity contribution < 1.29 is 9.59 Å². The standard InChI is InChI=1S/C24H37N3O2/c1-2-3-15-25-24(29)21-13-16-27(17-14-21)18-22(28)26-23(20-11-7-8-12-20)19-9-5-4-6-10-19/h4-6,9-10,20-21,23H,2-3,7-8,11-18H2,1H3,(H,25,29)(H,26,28). The van der Waals surface area contributed by atoms with Gasteiger partial charge in [-0.1, -0.05) is 56.5 Å². The second-order valence-corrected chi connectivity index (χ2v) is 8.70. The number of hydrogen-bond donors (Lipinski definition) is 2. The van der Waals surface area contributed by atoms with Gasteiger partial charge in [0.05, 0.1) is 12.6 Å². The van der Waals surface area contributed by atoms with Gasteiger partial charge in [-0.2, -0.15) is 0 Å². The third kappa shape index (κ3) is 6.56. The highest BCUT2D eigenvalue weighted by Gasteiger charge is 2.29. The Balaban J connectivity index is 1.46. The average Bonchev–Trinajstić information content (AvgIpc) is 3.28. The Kier molecular flexibility index (Phi) is 8.53. The van der Waals surface area contributed by atoms with Gasteiger partial charge in [0, 0.05) is 12.5 Å². The molecule has 1 aromatic carbocycles. The highest BCUT2D eigenvalue weighted by molar-refractivity contribution is 5.79. The van der Waals surface area contributed by atoms with Crippen molar-refractivity contribution in [2.24, 2.45) is 11.8 Å². The van der Waals surface area contributed by atoms with Gasteiger partial charge in [-0.3, -0.25) is 14.5 Å². The van der Waals surface area contributed by atoms with Crippen molar-refractivity contribution in [1.29, 1.82) is 0 Å². The molecule has 1 aromatic rings. The second kappa shape index (κ2) is 11.3. The van der Waals surface area contributed by atoms with Crippen molar-refractivity contribution in [3.63, 3.8) is 0 Å². The molecule has 29 heavy (non-hydrogen) atoms. The molecule has 0 bridgehead atoms. The summed E-state index contributed by atoms with van der Waals surface area (Å²) in [4.78, 5) is 27.2. The summed E-state index contributed by atoms with van der Waals surface area (Å²) >= 11 is 0. The molecule has 3 rings (SSSR count). The van der Waals surface area contributed by atoms with Crippen LogP contribution in [0.4, 0.5) is 0 Å². The molecule has 2 amide bonds. The molecule has 1 atom stereocenters. The number of amides is 2. The molecule has 1 saturated carbocycles. The van der Waals surface area contributed by atoms with Gasteiger partial charge in [-0.15, -0.1) is 0 Å². The van der Waals surface area contributed by atoms with Crippen LogP contribution in [0.1, 0.15) is 69.9 Å². The Labute approximate surface area is 175 Å². The summed E-state index contributed by atoms with van der Waals surface area (Å²) in [6, 6.07) is 10.5. The van der Waals surface area contributed by atoms with Crippen LogP contribution in [0, 0.1) is 11.8 Å². The Bertz CT molecular complexity index is 635. The highest BCUT2D eigenvalue weighted by atomic mass is 16.2. The maximum absolute atomic E-state index is 12.8. The molecule has 0 aromatic heterocycles. The third-order valence-corrected chi connectivity index (χ3v) is 6.50. The molecule has 0 spiro atoms. The number of hydrogen-bond acceptors (Lipinski definition) is 3. The van der Waals surface area contributed by atoms with Crippen molar-refractivity contribution in [3.8, 4) is 0 Å². The second-order valence-electron chi connectivity index (χ2n) is 8.70. The Morgan fingerprint density at radius 2 is 1.76 bits per heavy atom. The zero-order valence-electron chi connectivity index (χ0n) is 17.9. The van der Waals surface area contributed by atoms with Crippen LogP contribution in [0.15, 0.2) is 30.3 Å². The summed E-state index contributed by atoms with van der Waals surface area (Å²) in [7, 11) is 0. The number of nitrogens with one attached hydrogen (secondary N) is 2. The maximum atomic E-state index is 12.8. The van der Waals surface area contributed by atoms with E-state index in [0.717, 1.165) is 45.3 Å². The molecule has 2 N–H and O–H groups in total. The number of likely N-dealkylation sites (tertiary alicyclic amines) is 1. The first-order valence-electron chi connectivity index (χ1n) is 11.5. The molecule has 1 unspecified atom stereocenters. The first-order chi connectivity index (χ1) is 14.2. The molecular formula is C24H37N3O2. The number of unbranched alkanes of at least 4 members (excludes halogenated alkanes) is 1. The van der Waals surface area contributed by atoms with Crippen LogP contribution < -0.4 is 10.6 Å². The van der Waals surface area contributed by atoms with Crippen molar-refractivity contribution in [2.75, 3.05) is 26.2 Å². The number of nitrogens with zero attached hydrogens (tertiary/aromatic N) is 1. The molecule has 2 fully saturated rings. The first kappa shape index (κ1) is 21.8. The van der Waals surface area contributed by atoms with E-state index in [0.29, 0.717) is 12.5 Å². The molecule has 2 aliphatic rings. The summed E-state index contributed by atoms with van der Waals surface area (Å²) in [6.45, 7) is 4.97. The Morgan fingerprint density at radius 1 is 1.07 bits per heavy atom. The van der Waals surface area contributed by atoms with E-state index >= 15 is 0 Å². The van der Waals surface area contributed by atoms with Crippen LogP contribution in [0.25, 0.3) is 0 Å². The van der Waals surface area contributed by atoms with E-state index in [1.165, 1.54) is 31.2 Å². The van der Waals surface area contributed by atoms with Crippen LogP contribution in [0.2, 0.25) is 0 Å².